The summed E-state index contributed by atoms with van der Waals surface area (Å²) in [5.74, 6) is -0.0466. The predicted octanol–water partition coefficient (Wildman–Crippen LogP) is 3.54. The average Bonchev–Trinajstić information content (AvgIpc) is 3.24. The number of hydrogen-bond donors (Lipinski definition) is 1. The first-order valence-electron chi connectivity index (χ1n) is 9.54. The maximum absolute atomic E-state index is 13.3. The van der Waals surface area contributed by atoms with Crippen molar-refractivity contribution in [3.63, 3.8) is 0 Å². The van der Waals surface area contributed by atoms with Gasteiger partial charge in [-0.2, -0.15) is 0 Å². The molecule has 2 aromatic carbocycles. The number of piperidine rings is 1. The molecule has 1 aliphatic rings. The van der Waals surface area contributed by atoms with E-state index in [0.717, 1.165) is 30.5 Å². The van der Waals surface area contributed by atoms with Crippen LogP contribution in [0.15, 0.2) is 60.9 Å². The SMILES string of the molecule is O=Cc1ccc(-n2ccnc2C(=O)N2CCC(Nc3cccc(F)c3)CC2)cc1. The third-order valence-electron chi connectivity index (χ3n) is 5.12. The van der Waals surface area contributed by atoms with E-state index < -0.39 is 0 Å². The topological polar surface area (TPSA) is 67.2 Å². The van der Waals surface area contributed by atoms with Gasteiger partial charge in [-0.25, -0.2) is 9.37 Å². The van der Waals surface area contributed by atoms with E-state index >= 15 is 0 Å². The predicted molar refractivity (Wildman–Crippen MR) is 108 cm³/mol. The van der Waals surface area contributed by atoms with Crippen LogP contribution in [0.3, 0.4) is 0 Å². The Bertz CT molecular complexity index is 1010. The standard InChI is InChI=1S/C22H21FN4O2/c23-17-2-1-3-19(14-17)25-18-8-11-26(12-9-18)22(29)21-24-10-13-27(21)20-6-4-16(15-28)5-7-20/h1-7,10,13-15,18,25H,8-9,11-12H2. The first-order chi connectivity index (χ1) is 14.1. The minimum absolute atomic E-state index is 0.126. The molecule has 148 valence electrons. The number of carbonyl (C=O) groups is 2. The van der Waals surface area contributed by atoms with E-state index in [1.807, 2.05) is 6.07 Å². The zero-order chi connectivity index (χ0) is 20.2. The highest BCUT2D eigenvalue weighted by molar-refractivity contribution is 5.91. The summed E-state index contributed by atoms with van der Waals surface area (Å²) in [6, 6.07) is 13.6. The molecule has 1 fully saturated rings. The van der Waals surface area contributed by atoms with Crippen molar-refractivity contribution < 1.29 is 14.0 Å². The molecule has 3 aromatic rings. The Morgan fingerprint density at radius 2 is 1.90 bits per heavy atom. The van der Waals surface area contributed by atoms with Gasteiger partial charge >= 0.3 is 0 Å². The molecule has 1 aromatic heterocycles. The van der Waals surface area contributed by atoms with Crippen molar-refractivity contribution in [2.24, 2.45) is 0 Å². The maximum atomic E-state index is 13.3. The van der Waals surface area contributed by atoms with E-state index in [2.05, 4.69) is 10.3 Å². The lowest BCUT2D eigenvalue weighted by Crippen LogP contribution is -2.43. The van der Waals surface area contributed by atoms with Gasteiger partial charge in [-0.3, -0.25) is 14.2 Å². The number of nitrogens with zero attached hydrogens (tertiary/aromatic N) is 3. The lowest BCUT2D eigenvalue weighted by molar-refractivity contribution is 0.0704. The van der Waals surface area contributed by atoms with E-state index in [9.17, 15) is 14.0 Å². The number of amides is 1. The minimum atomic E-state index is -0.268. The molecule has 6 nitrogen and oxygen atoms in total. The Morgan fingerprint density at radius 1 is 1.14 bits per heavy atom. The lowest BCUT2D eigenvalue weighted by atomic mass is 10.0. The van der Waals surface area contributed by atoms with Crippen molar-refractivity contribution in [3.05, 3.63) is 78.1 Å². The molecule has 0 bridgehead atoms. The van der Waals surface area contributed by atoms with Crippen LogP contribution in [0.25, 0.3) is 5.69 Å². The molecule has 1 saturated heterocycles. The zero-order valence-corrected chi connectivity index (χ0v) is 15.8. The van der Waals surface area contributed by atoms with Crippen LogP contribution in [0.2, 0.25) is 0 Å². The summed E-state index contributed by atoms with van der Waals surface area (Å²) in [6.07, 6.45) is 5.67. The average molecular weight is 392 g/mol. The van der Waals surface area contributed by atoms with Gasteiger partial charge in [0.15, 0.2) is 0 Å². The highest BCUT2D eigenvalue weighted by atomic mass is 19.1. The number of aldehydes is 1. The third-order valence-corrected chi connectivity index (χ3v) is 5.12. The zero-order valence-electron chi connectivity index (χ0n) is 15.8. The van der Waals surface area contributed by atoms with Gasteiger partial charge in [-0.15, -0.1) is 0 Å². The van der Waals surface area contributed by atoms with Gasteiger partial charge < -0.3 is 10.2 Å². The fraction of sp³-hybridized carbons (Fsp3) is 0.227. The smallest absolute Gasteiger partial charge is 0.290 e. The van der Waals surface area contributed by atoms with E-state index in [0.29, 0.717) is 24.5 Å². The van der Waals surface area contributed by atoms with Crippen LogP contribution in [-0.2, 0) is 0 Å². The Kier molecular flexibility index (Phi) is 5.37. The largest absolute Gasteiger partial charge is 0.382 e. The molecule has 0 aliphatic carbocycles. The van der Waals surface area contributed by atoms with Gasteiger partial charge in [-0.05, 0) is 55.3 Å². The second-order valence-electron chi connectivity index (χ2n) is 7.05. The lowest BCUT2D eigenvalue weighted by Gasteiger charge is -2.32. The van der Waals surface area contributed by atoms with Gasteiger partial charge in [-0.1, -0.05) is 6.07 Å². The molecule has 4 rings (SSSR count). The molecule has 0 atom stereocenters. The molecule has 1 N–H and O–H groups in total. The molecule has 0 radical (unpaired) electrons. The summed E-state index contributed by atoms with van der Waals surface area (Å²) in [6.45, 7) is 1.20. The number of imidazole rings is 1. The fourth-order valence-corrected chi connectivity index (χ4v) is 3.57. The van der Waals surface area contributed by atoms with E-state index in [4.69, 9.17) is 0 Å². The Balaban J connectivity index is 1.41. The van der Waals surface area contributed by atoms with Gasteiger partial charge in [0.25, 0.3) is 5.91 Å². The summed E-state index contributed by atoms with van der Waals surface area (Å²) in [5.41, 5.74) is 2.11. The molecule has 1 aliphatic heterocycles. The Labute approximate surface area is 168 Å². The highest BCUT2D eigenvalue weighted by Crippen LogP contribution is 2.20. The number of likely N-dealkylation sites (tertiary alicyclic amines) is 1. The summed E-state index contributed by atoms with van der Waals surface area (Å²) in [4.78, 5) is 29.9. The first-order valence-corrected chi connectivity index (χ1v) is 9.54. The van der Waals surface area contributed by atoms with Gasteiger partial charge in [0.05, 0.1) is 0 Å². The second kappa shape index (κ2) is 8.26. The van der Waals surface area contributed by atoms with Crippen molar-refractivity contribution in [2.45, 2.75) is 18.9 Å². The number of benzene rings is 2. The van der Waals surface area contributed by atoms with Gasteiger partial charge in [0, 0.05) is 48.5 Å². The van der Waals surface area contributed by atoms with Crippen LogP contribution in [0.4, 0.5) is 10.1 Å². The summed E-state index contributed by atoms with van der Waals surface area (Å²) in [7, 11) is 0. The van der Waals surface area contributed by atoms with Crippen LogP contribution >= 0.6 is 0 Å². The molecule has 0 saturated carbocycles. The van der Waals surface area contributed by atoms with Crippen molar-refractivity contribution in [3.8, 4) is 5.69 Å². The molecule has 2 heterocycles. The molecular formula is C22H21FN4O2. The molecule has 7 heteroatoms. The summed E-state index contributed by atoms with van der Waals surface area (Å²) in [5, 5.41) is 3.34. The second-order valence-corrected chi connectivity index (χ2v) is 7.05. The molecule has 1 amide bonds. The van der Waals surface area contributed by atoms with E-state index in [-0.39, 0.29) is 17.8 Å². The van der Waals surface area contributed by atoms with Crippen LogP contribution in [-0.4, -0.2) is 45.8 Å². The molecular weight excluding hydrogens is 371 g/mol. The number of halogens is 1. The Hall–Kier alpha value is -3.48. The summed E-state index contributed by atoms with van der Waals surface area (Å²) < 4.78 is 15.1. The van der Waals surface area contributed by atoms with E-state index in [1.165, 1.54) is 12.1 Å². The maximum Gasteiger partial charge on any atom is 0.290 e. The summed E-state index contributed by atoms with van der Waals surface area (Å²) >= 11 is 0. The fourth-order valence-electron chi connectivity index (χ4n) is 3.57. The highest BCUT2D eigenvalue weighted by Gasteiger charge is 2.26. The molecule has 0 spiro atoms. The van der Waals surface area contributed by atoms with Crippen molar-refractivity contribution in [1.82, 2.24) is 14.5 Å². The first kappa shape index (κ1) is 18.9. The number of rotatable bonds is 5. The van der Waals surface area contributed by atoms with Crippen LogP contribution in [0.1, 0.15) is 33.8 Å². The normalized spacial score (nSPS) is 14.6. The number of aromatic nitrogens is 2. The number of hydrogen-bond acceptors (Lipinski definition) is 4. The van der Waals surface area contributed by atoms with Crippen LogP contribution < -0.4 is 5.32 Å². The van der Waals surface area contributed by atoms with Gasteiger partial charge in [0.2, 0.25) is 5.82 Å². The Morgan fingerprint density at radius 3 is 2.59 bits per heavy atom. The van der Waals surface area contributed by atoms with Crippen LogP contribution in [0, 0.1) is 5.82 Å². The quantitative estimate of drug-likeness (QED) is 0.675. The molecule has 29 heavy (non-hydrogen) atoms. The van der Waals surface area contributed by atoms with Gasteiger partial charge in [0.1, 0.15) is 12.1 Å². The number of nitrogens with one attached hydrogen (secondary N) is 1. The minimum Gasteiger partial charge on any atom is -0.382 e. The van der Waals surface area contributed by atoms with Crippen LogP contribution in [0.5, 0.6) is 0 Å². The third kappa shape index (κ3) is 4.18. The van der Waals surface area contributed by atoms with Crippen molar-refractivity contribution in [2.75, 3.05) is 18.4 Å². The monoisotopic (exact) mass is 392 g/mol. The number of anilines is 1. The number of carbonyl (C=O) groups excluding carboxylic acids is 2. The van der Waals surface area contributed by atoms with E-state index in [1.54, 1.807) is 52.2 Å². The molecule has 0 unspecified atom stereocenters. The van der Waals surface area contributed by atoms with Crippen molar-refractivity contribution in [1.29, 1.82) is 0 Å². The van der Waals surface area contributed by atoms with Crippen molar-refractivity contribution >= 4 is 17.9 Å².